The minimum absolute atomic E-state index is 0.202. The monoisotopic (exact) mass is 392 g/mol. The maximum Gasteiger partial charge on any atom is 0.341 e. The third kappa shape index (κ3) is 4.48. The predicted octanol–water partition coefficient (Wildman–Crippen LogP) is 3.22. The summed E-state index contributed by atoms with van der Waals surface area (Å²) < 4.78 is 10.9. The Morgan fingerprint density at radius 3 is 2.46 bits per heavy atom. The SMILES string of the molecule is COc1ccc(NC(=O)[C@@H](C)OC(=O)c2cc(Br)ccc2N)cc1. The number of halogens is 1. The first-order valence-electron chi connectivity index (χ1n) is 7.11. The molecule has 1 amide bonds. The zero-order chi connectivity index (χ0) is 17.7. The topological polar surface area (TPSA) is 90.6 Å². The van der Waals surface area contributed by atoms with Gasteiger partial charge < -0.3 is 20.5 Å². The Balaban J connectivity index is 2.00. The molecule has 3 N–H and O–H groups in total. The Hall–Kier alpha value is -2.54. The fourth-order valence-corrected chi connectivity index (χ4v) is 2.26. The van der Waals surface area contributed by atoms with Gasteiger partial charge in [-0.25, -0.2) is 4.79 Å². The molecule has 0 aromatic heterocycles. The second kappa shape index (κ2) is 7.83. The van der Waals surface area contributed by atoms with E-state index in [0.29, 0.717) is 15.9 Å². The lowest BCUT2D eigenvalue weighted by Gasteiger charge is -2.14. The van der Waals surface area contributed by atoms with E-state index in [1.54, 1.807) is 49.6 Å². The molecule has 24 heavy (non-hydrogen) atoms. The van der Waals surface area contributed by atoms with Gasteiger partial charge in [0, 0.05) is 15.8 Å². The van der Waals surface area contributed by atoms with Gasteiger partial charge in [0.25, 0.3) is 5.91 Å². The van der Waals surface area contributed by atoms with Crippen molar-refractivity contribution in [3.63, 3.8) is 0 Å². The predicted molar refractivity (Wildman–Crippen MR) is 95.1 cm³/mol. The van der Waals surface area contributed by atoms with Crippen molar-refractivity contribution >= 4 is 39.2 Å². The second-order valence-corrected chi connectivity index (χ2v) is 5.91. The van der Waals surface area contributed by atoms with E-state index < -0.39 is 18.0 Å². The summed E-state index contributed by atoms with van der Waals surface area (Å²) in [5.74, 6) is -0.425. The molecule has 0 bridgehead atoms. The normalized spacial score (nSPS) is 11.5. The molecular formula is C17H17BrN2O4. The van der Waals surface area contributed by atoms with Crippen molar-refractivity contribution in [3.8, 4) is 5.75 Å². The third-order valence-corrected chi connectivity index (χ3v) is 3.74. The zero-order valence-corrected chi connectivity index (χ0v) is 14.8. The summed E-state index contributed by atoms with van der Waals surface area (Å²) >= 11 is 3.26. The van der Waals surface area contributed by atoms with Crippen LogP contribution in [0.15, 0.2) is 46.9 Å². The first kappa shape index (κ1) is 17.8. The van der Waals surface area contributed by atoms with E-state index >= 15 is 0 Å². The molecule has 0 fully saturated rings. The third-order valence-electron chi connectivity index (χ3n) is 3.25. The molecule has 0 aliphatic carbocycles. The van der Waals surface area contributed by atoms with Gasteiger partial charge in [-0.05, 0) is 49.4 Å². The standard InChI is InChI=1S/C17H17BrN2O4/c1-10(16(21)20-12-4-6-13(23-2)7-5-12)24-17(22)14-9-11(18)3-8-15(14)19/h3-10H,19H2,1-2H3,(H,20,21)/t10-/m1/s1. The maximum absolute atomic E-state index is 12.1. The molecule has 0 aliphatic heterocycles. The lowest BCUT2D eigenvalue weighted by molar-refractivity contribution is -0.123. The van der Waals surface area contributed by atoms with Crippen LogP contribution >= 0.6 is 15.9 Å². The summed E-state index contributed by atoms with van der Waals surface area (Å²) in [6.45, 7) is 1.49. The van der Waals surface area contributed by atoms with Gasteiger partial charge in [0.05, 0.1) is 12.7 Å². The zero-order valence-electron chi connectivity index (χ0n) is 13.2. The highest BCUT2D eigenvalue weighted by molar-refractivity contribution is 9.10. The van der Waals surface area contributed by atoms with Gasteiger partial charge in [-0.1, -0.05) is 15.9 Å². The smallest absolute Gasteiger partial charge is 0.341 e. The Labute approximate surface area is 148 Å². The van der Waals surface area contributed by atoms with Gasteiger partial charge in [-0.2, -0.15) is 0 Å². The quantitative estimate of drug-likeness (QED) is 0.601. The van der Waals surface area contributed by atoms with E-state index in [1.807, 2.05) is 0 Å². The molecule has 0 spiro atoms. The highest BCUT2D eigenvalue weighted by Gasteiger charge is 2.20. The highest BCUT2D eigenvalue weighted by atomic mass is 79.9. The summed E-state index contributed by atoms with van der Waals surface area (Å²) in [5.41, 5.74) is 6.82. The van der Waals surface area contributed by atoms with Crippen molar-refractivity contribution in [1.29, 1.82) is 0 Å². The van der Waals surface area contributed by atoms with Crippen molar-refractivity contribution in [1.82, 2.24) is 0 Å². The van der Waals surface area contributed by atoms with Gasteiger partial charge in [0.15, 0.2) is 6.10 Å². The fraction of sp³-hybridized carbons (Fsp3) is 0.176. The Kier molecular flexibility index (Phi) is 5.81. The van der Waals surface area contributed by atoms with Crippen LogP contribution in [0.4, 0.5) is 11.4 Å². The molecule has 0 saturated heterocycles. The largest absolute Gasteiger partial charge is 0.497 e. The summed E-state index contributed by atoms with van der Waals surface area (Å²) in [5, 5.41) is 2.66. The minimum Gasteiger partial charge on any atom is -0.497 e. The average molecular weight is 393 g/mol. The number of ether oxygens (including phenoxy) is 2. The molecule has 0 saturated carbocycles. The second-order valence-electron chi connectivity index (χ2n) is 5.00. The van der Waals surface area contributed by atoms with E-state index in [9.17, 15) is 9.59 Å². The number of benzene rings is 2. The van der Waals surface area contributed by atoms with Crippen LogP contribution < -0.4 is 15.8 Å². The van der Waals surface area contributed by atoms with Gasteiger partial charge in [0.1, 0.15) is 5.75 Å². The van der Waals surface area contributed by atoms with Gasteiger partial charge >= 0.3 is 5.97 Å². The van der Waals surface area contributed by atoms with Crippen molar-refractivity contribution in [2.45, 2.75) is 13.0 Å². The van der Waals surface area contributed by atoms with Crippen molar-refractivity contribution in [2.24, 2.45) is 0 Å². The number of anilines is 2. The van der Waals surface area contributed by atoms with Crippen LogP contribution in [0.1, 0.15) is 17.3 Å². The summed E-state index contributed by atoms with van der Waals surface area (Å²) in [6.07, 6.45) is -0.974. The molecule has 7 heteroatoms. The van der Waals surface area contributed by atoms with Crippen LogP contribution in [0.25, 0.3) is 0 Å². The molecule has 2 aromatic carbocycles. The number of nitrogens with two attached hydrogens (primary N) is 1. The molecule has 0 heterocycles. The summed E-state index contributed by atoms with van der Waals surface area (Å²) in [6, 6.07) is 11.7. The van der Waals surface area contributed by atoms with Crippen LogP contribution in [0.3, 0.4) is 0 Å². The van der Waals surface area contributed by atoms with Crippen LogP contribution in [-0.4, -0.2) is 25.1 Å². The van der Waals surface area contributed by atoms with Gasteiger partial charge in [0.2, 0.25) is 0 Å². The fourth-order valence-electron chi connectivity index (χ4n) is 1.90. The van der Waals surface area contributed by atoms with Crippen molar-refractivity contribution in [2.75, 3.05) is 18.2 Å². The number of carbonyl (C=O) groups excluding carboxylic acids is 2. The number of hydrogen-bond acceptors (Lipinski definition) is 5. The summed E-state index contributed by atoms with van der Waals surface area (Å²) in [4.78, 5) is 24.3. The van der Waals surface area contributed by atoms with Crippen LogP contribution in [0.2, 0.25) is 0 Å². The number of nitrogen functional groups attached to an aromatic ring is 1. The van der Waals surface area contributed by atoms with E-state index in [4.69, 9.17) is 15.2 Å². The lowest BCUT2D eigenvalue weighted by atomic mass is 10.2. The molecule has 2 aromatic rings. The molecule has 1 atom stereocenters. The van der Waals surface area contributed by atoms with E-state index in [-0.39, 0.29) is 11.3 Å². The number of amides is 1. The van der Waals surface area contributed by atoms with Crippen LogP contribution in [-0.2, 0) is 9.53 Å². The Bertz CT molecular complexity index is 747. The van der Waals surface area contributed by atoms with E-state index in [1.165, 1.54) is 6.92 Å². The van der Waals surface area contributed by atoms with Crippen LogP contribution in [0, 0.1) is 0 Å². The highest BCUT2D eigenvalue weighted by Crippen LogP contribution is 2.20. The first-order valence-corrected chi connectivity index (χ1v) is 7.91. The summed E-state index contributed by atoms with van der Waals surface area (Å²) in [7, 11) is 1.56. The van der Waals surface area contributed by atoms with Crippen LogP contribution in [0.5, 0.6) is 5.75 Å². The Morgan fingerprint density at radius 1 is 1.17 bits per heavy atom. The minimum atomic E-state index is -0.974. The Morgan fingerprint density at radius 2 is 1.83 bits per heavy atom. The number of carbonyl (C=O) groups is 2. The first-order chi connectivity index (χ1) is 11.4. The van der Waals surface area contributed by atoms with E-state index in [0.717, 1.165) is 0 Å². The number of esters is 1. The molecule has 2 rings (SSSR count). The molecule has 0 unspecified atom stereocenters. The number of rotatable bonds is 5. The van der Waals surface area contributed by atoms with E-state index in [2.05, 4.69) is 21.2 Å². The molecule has 6 nitrogen and oxygen atoms in total. The van der Waals surface area contributed by atoms with Crippen molar-refractivity contribution < 1.29 is 19.1 Å². The van der Waals surface area contributed by atoms with Gasteiger partial charge in [-0.15, -0.1) is 0 Å². The molecule has 126 valence electrons. The van der Waals surface area contributed by atoms with Gasteiger partial charge in [-0.3, -0.25) is 4.79 Å². The number of nitrogens with one attached hydrogen (secondary N) is 1. The molecule has 0 radical (unpaired) electrons. The van der Waals surface area contributed by atoms with Crippen molar-refractivity contribution in [3.05, 3.63) is 52.5 Å². The average Bonchev–Trinajstić information content (AvgIpc) is 2.57. The molecular weight excluding hydrogens is 376 g/mol. The maximum atomic E-state index is 12.1. The molecule has 0 aliphatic rings. The lowest BCUT2D eigenvalue weighted by Crippen LogP contribution is -2.30. The number of methoxy groups -OCH3 is 1. The number of hydrogen-bond donors (Lipinski definition) is 2.